The van der Waals surface area contributed by atoms with Crippen molar-refractivity contribution in [2.75, 3.05) is 6.61 Å². The van der Waals surface area contributed by atoms with Crippen LogP contribution in [0, 0.1) is 0 Å². The van der Waals surface area contributed by atoms with Crippen LogP contribution in [0.25, 0.3) is 0 Å². The number of hydrogen-bond donors (Lipinski definition) is 4. The normalized spacial score (nSPS) is 19.5. The van der Waals surface area contributed by atoms with Crippen molar-refractivity contribution in [1.29, 1.82) is 0 Å². The Labute approximate surface area is 96.5 Å². The first-order valence-electron chi connectivity index (χ1n) is 4.48. The van der Waals surface area contributed by atoms with Crippen LogP contribution in [0.5, 0.6) is 0 Å². The third-order valence-corrected chi connectivity index (χ3v) is 2.31. The lowest BCUT2D eigenvalue weighted by atomic mass is 10.0. The van der Waals surface area contributed by atoms with Crippen LogP contribution < -0.4 is 9.79 Å². The molecule has 0 heterocycles. The molecule has 0 radical (unpaired) electrons. The molecule has 0 bridgehead atoms. The van der Waals surface area contributed by atoms with Crippen LogP contribution in [0.1, 0.15) is 6.92 Å². The second-order valence-electron chi connectivity index (χ2n) is 3.35. The van der Waals surface area contributed by atoms with Gasteiger partial charge in [0.1, 0.15) is 24.9 Å². The van der Waals surface area contributed by atoms with Crippen molar-refractivity contribution in [1.82, 2.24) is 0 Å². The molecule has 0 rings (SSSR count). The summed E-state index contributed by atoms with van der Waals surface area (Å²) in [4.78, 5) is 31.1. The number of ketones is 1. The van der Waals surface area contributed by atoms with Crippen molar-refractivity contribution in [3.8, 4) is 0 Å². The molecule has 0 aliphatic heterocycles. The van der Waals surface area contributed by atoms with E-state index in [0.717, 1.165) is 6.92 Å². The largest absolute Gasteiger partial charge is 0.790 e. The fourth-order valence-corrected chi connectivity index (χ4v) is 1.18. The summed E-state index contributed by atoms with van der Waals surface area (Å²) in [5, 5.41) is 36.3. The monoisotopic (exact) mass is 272 g/mol. The Kier molecular flexibility index (Phi) is 6.38. The van der Waals surface area contributed by atoms with Crippen molar-refractivity contribution >= 4 is 13.6 Å². The number of rotatable bonds is 7. The fourth-order valence-electron chi connectivity index (χ4n) is 0.891. The van der Waals surface area contributed by atoms with Crippen LogP contribution in [0.3, 0.4) is 0 Å². The van der Waals surface area contributed by atoms with Gasteiger partial charge in [-0.3, -0.25) is 4.79 Å². The van der Waals surface area contributed by atoms with Crippen LogP contribution in [-0.2, 0) is 13.9 Å². The minimum atomic E-state index is -5.36. The average Bonchev–Trinajstić information content (AvgIpc) is 2.21. The van der Waals surface area contributed by atoms with E-state index in [-0.39, 0.29) is 0 Å². The molecule has 0 saturated heterocycles. The van der Waals surface area contributed by atoms with Gasteiger partial charge in [0.15, 0.2) is 5.78 Å². The number of phosphoric ester groups is 1. The lowest BCUT2D eigenvalue weighted by Crippen LogP contribution is -2.47. The van der Waals surface area contributed by atoms with Crippen LogP contribution >= 0.6 is 7.82 Å². The van der Waals surface area contributed by atoms with Crippen LogP contribution in [0.4, 0.5) is 0 Å². The standard InChI is InChI=1S/C7H15O9P/c1-3(8)5(10)7(12)6(11)4(9)2-16-17(13,14)15/h3,5-8,10-12H,2H2,1H3,(H2,13,14,15)/p-2/t3-,5+,6?,7?/m0/s1. The van der Waals surface area contributed by atoms with Crippen molar-refractivity contribution in [3.63, 3.8) is 0 Å². The highest BCUT2D eigenvalue weighted by atomic mass is 31.2. The lowest BCUT2D eigenvalue weighted by molar-refractivity contribution is -0.341. The van der Waals surface area contributed by atoms with E-state index >= 15 is 0 Å². The summed E-state index contributed by atoms with van der Waals surface area (Å²) in [6.07, 6.45) is -7.42. The molecule has 0 aromatic heterocycles. The quantitative estimate of drug-likeness (QED) is 0.336. The zero-order chi connectivity index (χ0) is 13.8. The van der Waals surface area contributed by atoms with Gasteiger partial charge >= 0.3 is 0 Å². The van der Waals surface area contributed by atoms with Gasteiger partial charge in [-0.1, -0.05) is 0 Å². The van der Waals surface area contributed by atoms with Gasteiger partial charge in [0.25, 0.3) is 0 Å². The van der Waals surface area contributed by atoms with Gasteiger partial charge in [-0.15, -0.1) is 0 Å². The zero-order valence-electron chi connectivity index (χ0n) is 8.79. The van der Waals surface area contributed by atoms with E-state index in [2.05, 4.69) is 4.52 Å². The van der Waals surface area contributed by atoms with Gasteiger partial charge in [0.2, 0.25) is 0 Å². The minimum Gasteiger partial charge on any atom is -0.790 e. The molecule has 0 fully saturated rings. The van der Waals surface area contributed by atoms with Gasteiger partial charge in [-0.25, -0.2) is 0 Å². The maximum atomic E-state index is 11.0. The summed E-state index contributed by atoms with van der Waals surface area (Å²) in [5.41, 5.74) is 0. The first-order valence-corrected chi connectivity index (χ1v) is 5.94. The molecule has 9 nitrogen and oxygen atoms in total. The third kappa shape index (κ3) is 6.20. The predicted molar refractivity (Wildman–Crippen MR) is 48.3 cm³/mol. The molecule has 10 heteroatoms. The van der Waals surface area contributed by atoms with E-state index in [0.29, 0.717) is 0 Å². The molecule has 0 aromatic carbocycles. The van der Waals surface area contributed by atoms with Gasteiger partial charge in [0, 0.05) is 0 Å². The molecule has 0 aliphatic rings. The van der Waals surface area contributed by atoms with Crippen molar-refractivity contribution < 1.29 is 44.1 Å². The van der Waals surface area contributed by atoms with Gasteiger partial charge in [-0.2, -0.15) is 0 Å². The minimum absolute atomic E-state index is 1.10. The van der Waals surface area contributed by atoms with Crippen molar-refractivity contribution in [3.05, 3.63) is 0 Å². The van der Waals surface area contributed by atoms with Crippen molar-refractivity contribution in [2.24, 2.45) is 0 Å². The molecule has 2 unspecified atom stereocenters. The Morgan fingerprint density at radius 3 is 2.06 bits per heavy atom. The molecule has 17 heavy (non-hydrogen) atoms. The summed E-state index contributed by atoms with van der Waals surface area (Å²) >= 11 is 0. The number of carbonyl (C=O) groups excluding carboxylic acids is 1. The fraction of sp³-hybridized carbons (Fsp3) is 0.857. The first kappa shape index (κ1) is 16.6. The number of phosphoric acid groups is 1. The zero-order valence-corrected chi connectivity index (χ0v) is 9.69. The Bertz CT molecular complexity index is 298. The summed E-state index contributed by atoms with van der Waals surface area (Å²) in [5.74, 6) is -1.32. The average molecular weight is 272 g/mol. The van der Waals surface area contributed by atoms with E-state index in [1.165, 1.54) is 0 Å². The molecule has 0 aliphatic carbocycles. The molecule has 4 N–H and O–H groups in total. The molecule has 0 aromatic rings. The molecular formula is C7H13O9P-2. The maximum Gasteiger partial charge on any atom is 0.189 e. The maximum absolute atomic E-state index is 11.0. The molecule has 102 valence electrons. The predicted octanol–water partition coefficient (Wildman–Crippen LogP) is -4.14. The molecule has 0 saturated carbocycles. The van der Waals surface area contributed by atoms with Crippen LogP contribution in [0.15, 0.2) is 0 Å². The van der Waals surface area contributed by atoms with E-state index < -0.39 is 44.6 Å². The first-order chi connectivity index (χ1) is 7.56. The SMILES string of the molecule is C[C@H](O)[C@@H](O)C(O)C(O)C(=O)COP(=O)([O-])[O-]. The topological polar surface area (TPSA) is 170 Å². The van der Waals surface area contributed by atoms with E-state index in [1.54, 1.807) is 0 Å². The summed E-state index contributed by atoms with van der Waals surface area (Å²) in [6.45, 7) is -0.153. The number of Topliss-reactive ketones (excluding diaryl/α,β-unsaturated/α-hetero) is 1. The van der Waals surface area contributed by atoms with Crippen molar-refractivity contribution in [2.45, 2.75) is 31.3 Å². The van der Waals surface area contributed by atoms with Crippen LogP contribution in [0.2, 0.25) is 0 Å². The Balaban J connectivity index is 4.35. The molecule has 4 atom stereocenters. The third-order valence-electron chi connectivity index (χ3n) is 1.86. The van der Waals surface area contributed by atoms with Gasteiger partial charge in [0.05, 0.1) is 13.9 Å². The highest BCUT2D eigenvalue weighted by molar-refractivity contribution is 7.43. The number of aliphatic hydroxyl groups is 4. The second kappa shape index (κ2) is 6.53. The highest BCUT2D eigenvalue weighted by Gasteiger charge is 2.32. The lowest BCUT2D eigenvalue weighted by Gasteiger charge is -2.29. The smallest absolute Gasteiger partial charge is 0.189 e. The van der Waals surface area contributed by atoms with E-state index in [4.69, 9.17) is 15.3 Å². The summed E-state index contributed by atoms with van der Waals surface area (Å²) in [6, 6.07) is 0. The van der Waals surface area contributed by atoms with Crippen LogP contribution in [-0.4, -0.2) is 57.2 Å². The molecular weight excluding hydrogens is 259 g/mol. The van der Waals surface area contributed by atoms with E-state index in [1.807, 2.05) is 0 Å². The Morgan fingerprint density at radius 1 is 1.24 bits per heavy atom. The van der Waals surface area contributed by atoms with Gasteiger partial charge in [-0.05, 0) is 6.92 Å². The Morgan fingerprint density at radius 2 is 1.71 bits per heavy atom. The number of carbonyl (C=O) groups is 1. The summed E-state index contributed by atoms with van der Waals surface area (Å²) in [7, 11) is -5.36. The summed E-state index contributed by atoms with van der Waals surface area (Å²) < 4.78 is 13.6. The number of hydrogen-bond acceptors (Lipinski definition) is 9. The molecule has 0 amide bonds. The van der Waals surface area contributed by atoms with Gasteiger partial charge < -0.3 is 39.3 Å². The molecule has 0 spiro atoms. The highest BCUT2D eigenvalue weighted by Crippen LogP contribution is 2.24. The Hall–Kier alpha value is -0.380. The second-order valence-corrected chi connectivity index (χ2v) is 4.51. The van der Waals surface area contributed by atoms with E-state index in [9.17, 15) is 24.3 Å². The number of aliphatic hydroxyl groups excluding tert-OH is 4.